The molecule has 0 spiro atoms. The maximum atomic E-state index is 14.0. The highest BCUT2D eigenvalue weighted by Gasteiger charge is 2.14. The summed E-state index contributed by atoms with van der Waals surface area (Å²) in [4.78, 5) is 10.3. The summed E-state index contributed by atoms with van der Waals surface area (Å²) in [5, 5.41) is 2.93. The Hall–Kier alpha value is -2.67. The van der Waals surface area contributed by atoms with Gasteiger partial charge < -0.3 is 16.0 Å². The predicted octanol–water partition coefficient (Wildman–Crippen LogP) is 4.34. The molecule has 1 aromatic heterocycles. The molecular formula is C18H17BrFN5. The van der Waals surface area contributed by atoms with Gasteiger partial charge in [-0.25, -0.2) is 14.4 Å². The van der Waals surface area contributed by atoms with Gasteiger partial charge in [0, 0.05) is 18.1 Å². The number of anilines is 4. The number of hydrogen-bond donors (Lipinski definition) is 2. The molecule has 3 aromatic rings. The van der Waals surface area contributed by atoms with Crippen molar-refractivity contribution in [3.8, 4) is 0 Å². The van der Waals surface area contributed by atoms with Gasteiger partial charge in [-0.1, -0.05) is 46.3 Å². The maximum Gasteiger partial charge on any atom is 0.159 e. The smallest absolute Gasteiger partial charge is 0.159 e. The van der Waals surface area contributed by atoms with E-state index in [0.29, 0.717) is 34.0 Å². The van der Waals surface area contributed by atoms with Gasteiger partial charge in [-0.3, -0.25) is 0 Å². The van der Waals surface area contributed by atoms with Crippen LogP contribution in [0.15, 0.2) is 59.3 Å². The van der Waals surface area contributed by atoms with Crippen molar-refractivity contribution in [3.05, 3.63) is 70.7 Å². The van der Waals surface area contributed by atoms with Gasteiger partial charge in [-0.2, -0.15) is 0 Å². The highest BCUT2D eigenvalue weighted by atomic mass is 79.9. The van der Waals surface area contributed by atoms with E-state index >= 15 is 0 Å². The van der Waals surface area contributed by atoms with Crippen molar-refractivity contribution in [1.29, 1.82) is 0 Å². The molecule has 0 saturated heterocycles. The zero-order valence-electron chi connectivity index (χ0n) is 13.6. The second-order valence-corrected chi connectivity index (χ2v) is 6.47. The Morgan fingerprint density at radius 1 is 1.16 bits per heavy atom. The molecule has 0 saturated carbocycles. The molecule has 2 aromatic carbocycles. The summed E-state index contributed by atoms with van der Waals surface area (Å²) in [5.74, 6) is 0.552. The number of benzene rings is 2. The van der Waals surface area contributed by atoms with E-state index in [2.05, 4.69) is 31.2 Å². The Morgan fingerprint density at radius 2 is 1.92 bits per heavy atom. The minimum atomic E-state index is -0.397. The Kier molecular flexibility index (Phi) is 5.14. The van der Waals surface area contributed by atoms with Crippen LogP contribution >= 0.6 is 15.9 Å². The van der Waals surface area contributed by atoms with Crippen molar-refractivity contribution >= 4 is 38.9 Å². The van der Waals surface area contributed by atoms with Crippen LogP contribution in [0, 0.1) is 5.82 Å². The van der Waals surface area contributed by atoms with Gasteiger partial charge in [0.15, 0.2) is 11.6 Å². The molecule has 7 heteroatoms. The summed E-state index contributed by atoms with van der Waals surface area (Å²) >= 11 is 3.23. The van der Waals surface area contributed by atoms with Crippen LogP contribution in [0.1, 0.15) is 5.56 Å². The molecule has 3 N–H and O–H groups in total. The van der Waals surface area contributed by atoms with Crippen molar-refractivity contribution in [3.63, 3.8) is 0 Å². The van der Waals surface area contributed by atoms with E-state index in [4.69, 9.17) is 5.73 Å². The monoisotopic (exact) mass is 401 g/mol. The maximum absolute atomic E-state index is 14.0. The average molecular weight is 402 g/mol. The van der Waals surface area contributed by atoms with E-state index in [1.807, 2.05) is 42.3 Å². The van der Waals surface area contributed by atoms with Crippen LogP contribution in [0.2, 0.25) is 0 Å². The van der Waals surface area contributed by atoms with Crippen LogP contribution in [0.25, 0.3) is 0 Å². The van der Waals surface area contributed by atoms with Crippen molar-refractivity contribution in [2.24, 2.45) is 0 Å². The highest BCUT2D eigenvalue weighted by molar-refractivity contribution is 9.10. The van der Waals surface area contributed by atoms with Gasteiger partial charge >= 0.3 is 0 Å². The molecule has 0 aliphatic heterocycles. The molecule has 3 rings (SSSR count). The lowest BCUT2D eigenvalue weighted by molar-refractivity contribution is 0.631. The van der Waals surface area contributed by atoms with E-state index in [1.165, 1.54) is 12.4 Å². The van der Waals surface area contributed by atoms with E-state index in [9.17, 15) is 4.39 Å². The molecule has 0 amide bonds. The third-order valence-electron chi connectivity index (χ3n) is 3.67. The van der Waals surface area contributed by atoms with Gasteiger partial charge in [0.2, 0.25) is 0 Å². The van der Waals surface area contributed by atoms with E-state index in [-0.39, 0.29) is 0 Å². The molecule has 0 aliphatic rings. The topological polar surface area (TPSA) is 67.1 Å². The normalized spacial score (nSPS) is 10.5. The summed E-state index contributed by atoms with van der Waals surface area (Å²) < 4.78 is 14.7. The second kappa shape index (κ2) is 7.48. The Labute approximate surface area is 153 Å². The van der Waals surface area contributed by atoms with E-state index in [0.717, 1.165) is 5.56 Å². The molecular weight excluding hydrogens is 385 g/mol. The predicted molar refractivity (Wildman–Crippen MR) is 102 cm³/mol. The largest absolute Gasteiger partial charge is 0.393 e. The Morgan fingerprint density at radius 3 is 2.64 bits per heavy atom. The average Bonchev–Trinajstić information content (AvgIpc) is 2.59. The number of rotatable bonds is 5. The lowest BCUT2D eigenvalue weighted by atomic mass is 10.2. The summed E-state index contributed by atoms with van der Waals surface area (Å²) in [6.07, 6.45) is 1.41. The lowest BCUT2D eigenvalue weighted by Crippen LogP contribution is -2.20. The van der Waals surface area contributed by atoms with Crippen molar-refractivity contribution < 1.29 is 4.39 Å². The number of nitrogens with one attached hydrogen (secondary N) is 1. The number of hydrogen-bond acceptors (Lipinski definition) is 5. The first-order chi connectivity index (χ1) is 12.0. The molecule has 0 fully saturated rings. The van der Waals surface area contributed by atoms with Crippen LogP contribution in [0.3, 0.4) is 0 Å². The minimum absolute atomic E-state index is 0.297. The molecule has 5 nitrogen and oxygen atoms in total. The van der Waals surface area contributed by atoms with Gasteiger partial charge in [-0.05, 0) is 23.8 Å². The summed E-state index contributed by atoms with van der Waals surface area (Å²) in [7, 11) is 1.90. The van der Waals surface area contributed by atoms with E-state index < -0.39 is 5.82 Å². The van der Waals surface area contributed by atoms with Crippen molar-refractivity contribution in [1.82, 2.24) is 9.97 Å². The van der Waals surface area contributed by atoms with Crippen molar-refractivity contribution in [2.45, 2.75) is 6.54 Å². The standard InChI is InChI=1S/C18H17BrFN5/c1-25(10-12-5-3-2-4-6-12)18-16(21)17(22-11-23-18)24-15-8-7-13(19)9-14(15)20/h2-9,11H,10,21H2,1H3,(H,22,23,24). The summed E-state index contributed by atoms with van der Waals surface area (Å²) in [6.45, 7) is 0.647. The summed E-state index contributed by atoms with van der Waals surface area (Å²) in [5.41, 5.74) is 8.00. The molecule has 0 unspecified atom stereocenters. The summed E-state index contributed by atoms with van der Waals surface area (Å²) in [6, 6.07) is 14.7. The van der Waals surface area contributed by atoms with Gasteiger partial charge in [-0.15, -0.1) is 0 Å². The fourth-order valence-electron chi connectivity index (χ4n) is 2.44. The number of halogens is 2. The van der Waals surface area contributed by atoms with Crippen LogP contribution in [-0.4, -0.2) is 17.0 Å². The zero-order chi connectivity index (χ0) is 17.8. The molecule has 0 radical (unpaired) electrons. The molecule has 0 atom stereocenters. The zero-order valence-corrected chi connectivity index (χ0v) is 15.2. The fraction of sp³-hybridized carbons (Fsp3) is 0.111. The third kappa shape index (κ3) is 4.06. The first kappa shape index (κ1) is 17.2. The number of nitrogens with zero attached hydrogens (tertiary/aromatic N) is 3. The first-order valence-electron chi connectivity index (χ1n) is 7.62. The van der Waals surface area contributed by atoms with Gasteiger partial charge in [0.05, 0.1) is 5.69 Å². The van der Waals surface area contributed by atoms with Gasteiger partial charge in [0.25, 0.3) is 0 Å². The molecule has 0 aliphatic carbocycles. The van der Waals surface area contributed by atoms with Crippen LogP contribution in [0.4, 0.5) is 27.4 Å². The lowest BCUT2D eigenvalue weighted by Gasteiger charge is -2.21. The van der Waals surface area contributed by atoms with Crippen LogP contribution < -0.4 is 16.0 Å². The molecule has 0 bridgehead atoms. The van der Waals surface area contributed by atoms with Gasteiger partial charge in [0.1, 0.15) is 17.8 Å². The molecule has 128 valence electrons. The molecule has 1 heterocycles. The number of nitrogen functional groups attached to an aromatic ring is 1. The van der Waals surface area contributed by atoms with Crippen molar-refractivity contribution in [2.75, 3.05) is 23.0 Å². The highest BCUT2D eigenvalue weighted by Crippen LogP contribution is 2.30. The SMILES string of the molecule is CN(Cc1ccccc1)c1ncnc(Nc2ccc(Br)cc2F)c1N. The van der Waals surface area contributed by atoms with Crippen LogP contribution in [-0.2, 0) is 6.54 Å². The Bertz CT molecular complexity index is 873. The second-order valence-electron chi connectivity index (χ2n) is 5.55. The number of aromatic nitrogens is 2. The third-order valence-corrected chi connectivity index (χ3v) is 4.16. The number of nitrogens with two attached hydrogens (primary N) is 1. The quantitative estimate of drug-likeness (QED) is 0.665. The minimum Gasteiger partial charge on any atom is -0.393 e. The van der Waals surface area contributed by atoms with Crippen LogP contribution in [0.5, 0.6) is 0 Å². The Balaban J connectivity index is 1.84. The fourth-order valence-corrected chi connectivity index (χ4v) is 2.77. The molecule has 25 heavy (non-hydrogen) atoms. The van der Waals surface area contributed by atoms with E-state index in [1.54, 1.807) is 12.1 Å². The first-order valence-corrected chi connectivity index (χ1v) is 8.41.